The minimum absolute atomic E-state index is 0.126. The highest BCUT2D eigenvalue weighted by Gasteiger charge is 2.71. The Hall–Kier alpha value is -3.87. The molecule has 3 aliphatic rings. The van der Waals surface area contributed by atoms with Gasteiger partial charge in [-0.1, -0.05) is 60.2 Å². The van der Waals surface area contributed by atoms with Gasteiger partial charge in [0.1, 0.15) is 11.5 Å². The Balaban J connectivity index is 1.56. The van der Waals surface area contributed by atoms with Gasteiger partial charge in [-0.05, 0) is 46.8 Å². The van der Waals surface area contributed by atoms with E-state index >= 15 is 0 Å². The number of halogens is 1. The Labute approximate surface area is 222 Å². The summed E-state index contributed by atoms with van der Waals surface area (Å²) >= 11 is 7.68. The third kappa shape index (κ3) is 2.91. The van der Waals surface area contributed by atoms with Crippen molar-refractivity contribution < 1.29 is 14.4 Å². The van der Waals surface area contributed by atoms with Crippen LogP contribution in [-0.4, -0.2) is 34.4 Å². The summed E-state index contributed by atoms with van der Waals surface area (Å²) in [6, 6.07) is 18.3. The zero-order valence-electron chi connectivity index (χ0n) is 19.4. The molecular weight excluding hydrogens is 504 g/mol. The minimum atomic E-state index is -1.52. The van der Waals surface area contributed by atoms with E-state index in [1.54, 1.807) is 54.9 Å². The highest BCUT2D eigenvalue weighted by atomic mass is 35.5. The minimum Gasteiger partial charge on any atom is -0.352 e. The van der Waals surface area contributed by atoms with Crippen molar-refractivity contribution in [3.8, 4) is 0 Å². The molecule has 1 spiro atoms. The van der Waals surface area contributed by atoms with Gasteiger partial charge in [0.2, 0.25) is 0 Å². The van der Waals surface area contributed by atoms with Crippen molar-refractivity contribution in [2.75, 3.05) is 4.90 Å². The average Bonchev–Trinajstić information content (AvgIpc) is 3.62. The molecule has 0 N–H and O–H groups in total. The molecule has 180 valence electrons. The highest BCUT2D eigenvalue weighted by molar-refractivity contribution is 7.12. The molecule has 37 heavy (non-hydrogen) atoms. The summed E-state index contributed by atoms with van der Waals surface area (Å²) in [5.74, 6) is -1.38. The van der Waals surface area contributed by atoms with Gasteiger partial charge in [0.05, 0.1) is 10.9 Å². The Morgan fingerprint density at radius 3 is 2.43 bits per heavy atom. The Kier molecular flexibility index (Phi) is 4.87. The molecule has 2 aromatic carbocycles. The van der Waals surface area contributed by atoms with E-state index in [1.807, 2.05) is 46.7 Å². The van der Waals surface area contributed by atoms with Crippen LogP contribution in [0, 0.1) is 5.41 Å². The van der Waals surface area contributed by atoms with Crippen LogP contribution in [0.5, 0.6) is 0 Å². The fraction of sp³-hybridized carbons (Fsp3) is 0.133. The van der Waals surface area contributed by atoms with Crippen LogP contribution in [-0.2, 0) is 0 Å². The Morgan fingerprint density at radius 1 is 0.973 bits per heavy atom. The molecule has 7 rings (SSSR count). The number of hydrogen-bond donors (Lipinski definition) is 0. The molecular formula is C30H19ClN2O3S. The molecule has 0 unspecified atom stereocenters. The Bertz CT molecular complexity index is 1590. The summed E-state index contributed by atoms with van der Waals surface area (Å²) in [7, 11) is 0. The lowest BCUT2D eigenvalue weighted by atomic mass is 9.64. The maximum Gasteiger partial charge on any atom is 0.195 e. The third-order valence-corrected chi connectivity index (χ3v) is 8.96. The second-order valence-corrected chi connectivity index (χ2v) is 10.9. The van der Waals surface area contributed by atoms with E-state index in [-0.39, 0.29) is 17.3 Å². The molecule has 0 bridgehead atoms. The van der Waals surface area contributed by atoms with Crippen LogP contribution in [0.2, 0.25) is 5.02 Å². The second-order valence-electron chi connectivity index (χ2n) is 9.54. The largest absolute Gasteiger partial charge is 0.352 e. The number of aromatic nitrogens is 1. The van der Waals surface area contributed by atoms with Crippen molar-refractivity contribution in [1.29, 1.82) is 0 Å². The standard InChI is InChI=1S/C30H19ClN2O3S/c31-19-10-11-22-17(15-19)9-12-24-30(28(35)20-6-1-2-7-21(20)29(30)36)25(18-5-3-13-32-16-18)26(33(22)24)27(34)23-8-4-14-37-23/h1-16,24-26H/t24-,25+,26-/m1/s1. The number of ketones is 3. The topological polar surface area (TPSA) is 67.3 Å². The van der Waals surface area contributed by atoms with Gasteiger partial charge in [0.15, 0.2) is 17.3 Å². The number of rotatable bonds is 3. The van der Waals surface area contributed by atoms with Crippen molar-refractivity contribution in [2.24, 2.45) is 5.41 Å². The summed E-state index contributed by atoms with van der Waals surface area (Å²) in [6.07, 6.45) is 7.13. The molecule has 3 atom stereocenters. The maximum atomic E-state index is 14.5. The molecule has 7 heteroatoms. The summed E-state index contributed by atoms with van der Waals surface area (Å²) < 4.78 is 0. The zero-order valence-corrected chi connectivity index (χ0v) is 20.9. The van der Waals surface area contributed by atoms with E-state index in [1.165, 1.54) is 11.3 Å². The van der Waals surface area contributed by atoms with Gasteiger partial charge >= 0.3 is 0 Å². The number of carbonyl (C=O) groups excluding carboxylic acids is 3. The van der Waals surface area contributed by atoms with E-state index in [9.17, 15) is 14.4 Å². The van der Waals surface area contributed by atoms with Crippen molar-refractivity contribution in [3.63, 3.8) is 0 Å². The predicted molar refractivity (Wildman–Crippen MR) is 144 cm³/mol. The van der Waals surface area contributed by atoms with Crippen molar-refractivity contribution in [1.82, 2.24) is 4.98 Å². The van der Waals surface area contributed by atoms with Gasteiger partial charge in [-0.3, -0.25) is 19.4 Å². The highest BCUT2D eigenvalue weighted by Crippen LogP contribution is 2.61. The smallest absolute Gasteiger partial charge is 0.195 e. The van der Waals surface area contributed by atoms with Crippen molar-refractivity contribution >= 4 is 52.1 Å². The molecule has 5 nitrogen and oxygen atoms in total. The van der Waals surface area contributed by atoms with E-state index < -0.39 is 23.4 Å². The van der Waals surface area contributed by atoms with Gasteiger partial charge < -0.3 is 4.90 Å². The molecule has 1 aliphatic carbocycles. The molecule has 4 aromatic rings. The van der Waals surface area contributed by atoms with Gasteiger partial charge in [0.25, 0.3) is 0 Å². The first kappa shape index (κ1) is 22.3. The van der Waals surface area contributed by atoms with Gasteiger partial charge in [0, 0.05) is 40.1 Å². The molecule has 1 fully saturated rings. The number of hydrogen-bond acceptors (Lipinski definition) is 6. The zero-order chi connectivity index (χ0) is 25.3. The number of thiophene rings is 1. The first-order valence-corrected chi connectivity index (χ1v) is 13.2. The molecule has 4 heterocycles. The van der Waals surface area contributed by atoms with Crippen LogP contribution < -0.4 is 4.90 Å². The lowest BCUT2D eigenvalue weighted by molar-refractivity contribution is 0.0666. The SMILES string of the molecule is O=C(c1cccs1)[C@H]1[C@H](c2cccnc2)C2(C(=O)c3ccccc3C2=O)[C@H]2C=Cc3cc(Cl)ccc3N12. The van der Waals surface area contributed by atoms with Crippen molar-refractivity contribution in [2.45, 2.75) is 18.0 Å². The Morgan fingerprint density at radius 2 is 1.76 bits per heavy atom. The fourth-order valence-corrected chi connectivity index (χ4v) is 7.32. The summed E-state index contributed by atoms with van der Waals surface area (Å²) in [4.78, 5) is 50.1. The van der Waals surface area contributed by atoms with E-state index in [2.05, 4.69) is 4.98 Å². The van der Waals surface area contributed by atoms with E-state index in [0.717, 1.165) is 11.3 Å². The number of carbonyl (C=O) groups is 3. The fourth-order valence-electron chi connectivity index (χ4n) is 6.45. The van der Waals surface area contributed by atoms with Crippen LogP contribution in [0.25, 0.3) is 6.08 Å². The number of anilines is 1. The maximum absolute atomic E-state index is 14.5. The molecule has 2 aliphatic heterocycles. The summed E-state index contributed by atoms with van der Waals surface area (Å²) in [5, 5.41) is 2.43. The molecule has 0 saturated carbocycles. The number of benzene rings is 2. The summed E-state index contributed by atoms with van der Waals surface area (Å²) in [6.45, 7) is 0. The molecule has 1 saturated heterocycles. The van der Waals surface area contributed by atoms with Crippen LogP contribution in [0.3, 0.4) is 0 Å². The van der Waals surface area contributed by atoms with E-state index in [4.69, 9.17) is 11.6 Å². The quantitative estimate of drug-likeness (QED) is 0.240. The van der Waals surface area contributed by atoms with Crippen LogP contribution in [0.1, 0.15) is 47.4 Å². The number of Topliss-reactive ketones (excluding diaryl/α,β-unsaturated/α-hetero) is 3. The lowest BCUT2D eigenvalue weighted by Gasteiger charge is -2.37. The predicted octanol–water partition coefficient (Wildman–Crippen LogP) is 6.11. The van der Waals surface area contributed by atoms with Gasteiger partial charge in [-0.25, -0.2) is 0 Å². The van der Waals surface area contributed by atoms with Crippen LogP contribution >= 0.6 is 22.9 Å². The van der Waals surface area contributed by atoms with Crippen LogP contribution in [0.15, 0.2) is 90.6 Å². The summed E-state index contributed by atoms with van der Waals surface area (Å²) in [5.41, 5.74) is 1.59. The first-order valence-electron chi connectivity index (χ1n) is 12.0. The van der Waals surface area contributed by atoms with Gasteiger partial charge in [-0.2, -0.15) is 0 Å². The normalized spacial score (nSPS) is 22.7. The average molecular weight is 523 g/mol. The van der Waals surface area contributed by atoms with E-state index in [0.29, 0.717) is 26.6 Å². The number of fused-ring (bicyclic) bond motifs is 5. The molecule has 2 aromatic heterocycles. The third-order valence-electron chi connectivity index (χ3n) is 7.84. The number of pyridine rings is 1. The monoisotopic (exact) mass is 522 g/mol. The second kappa shape index (κ2) is 8.07. The lowest BCUT2D eigenvalue weighted by Crippen LogP contribution is -2.48. The molecule has 0 amide bonds. The number of nitrogens with zero attached hydrogens (tertiary/aromatic N) is 2. The molecule has 0 radical (unpaired) electrons. The van der Waals surface area contributed by atoms with Crippen LogP contribution in [0.4, 0.5) is 5.69 Å². The van der Waals surface area contributed by atoms with Crippen molar-refractivity contribution in [3.05, 3.63) is 123 Å². The first-order chi connectivity index (χ1) is 18.0. The van der Waals surface area contributed by atoms with Gasteiger partial charge in [-0.15, -0.1) is 11.3 Å².